The first-order valence-corrected chi connectivity index (χ1v) is 7.10. The second-order valence-electron chi connectivity index (χ2n) is 5.73. The van der Waals surface area contributed by atoms with Gasteiger partial charge in [0.2, 0.25) is 5.91 Å². The third-order valence-corrected chi connectivity index (χ3v) is 4.04. The van der Waals surface area contributed by atoms with Crippen LogP contribution in [-0.2, 0) is 4.79 Å². The summed E-state index contributed by atoms with van der Waals surface area (Å²) >= 11 is 0. The van der Waals surface area contributed by atoms with Gasteiger partial charge in [0.15, 0.2) is 0 Å². The summed E-state index contributed by atoms with van der Waals surface area (Å²) in [7, 11) is 0. The van der Waals surface area contributed by atoms with Gasteiger partial charge in [0, 0.05) is 25.2 Å². The Bertz CT molecular complexity index is 573. The van der Waals surface area contributed by atoms with Gasteiger partial charge in [-0.2, -0.15) is 0 Å². The summed E-state index contributed by atoms with van der Waals surface area (Å²) in [6.45, 7) is 5.52. The number of carbonyl (C=O) groups excluding carboxylic acids is 2. The Balaban J connectivity index is 2.26. The quantitative estimate of drug-likeness (QED) is 0.711. The molecule has 1 heterocycles. The lowest BCUT2D eigenvalue weighted by Crippen LogP contribution is -2.37. The van der Waals surface area contributed by atoms with Gasteiger partial charge >= 0.3 is 0 Å². The molecule has 0 aliphatic carbocycles. The number of nitrogen functional groups attached to an aromatic ring is 1. The molecule has 0 radical (unpaired) electrons. The van der Waals surface area contributed by atoms with Gasteiger partial charge < -0.3 is 21.7 Å². The van der Waals surface area contributed by atoms with E-state index in [9.17, 15) is 9.59 Å². The highest BCUT2D eigenvalue weighted by Gasteiger charge is 2.39. The first kappa shape index (κ1) is 15.2. The molecule has 114 valence electrons. The second kappa shape index (κ2) is 5.63. The van der Waals surface area contributed by atoms with Crippen LogP contribution in [0.1, 0.15) is 30.6 Å². The Labute approximate surface area is 124 Å². The zero-order valence-electron chi connectivity index (χ0n) is 12.5. The van der Waals surface area contributed by atoms with Gasteiger partial charge in [0.05, 0.1) is 16.8 Å². The number of hydrogen-bond donors (Lipinski definition) is 3. The highest BCUT2D eigenvalue weighted by molar-refractivity contribution is 5.96. The molecule has 1 atom stereocenters. The molecule has 2 amide bonds. The lowest BCUT2D eigenvalue weighted by molar-refractivity contribution is -0.125. The molecule has 1 saturated heterocycles. The van der Waals surface area contributed by atoms with E-state index in [-0.39, 0.29) is 11.8 Å². The molecule has 5 N–H and O–H groups in total. The van der Waals surface area contributed by atoms with Crippen molar-refractivity contribution >= 4 is 23.2 Å². The maximum absolute atomic E-state index is 11.9. The number of carbonyl (C=O) groups is 2. The van der Waals surface area contributed by atoms with Crippen molar-refractivity contribution in [3.05, 3.63) is 23.8 Å². The van der Waals surface area contributed by atoms with Crippen LogP contribution >= 0.6 is 0 Å². The zero-order chi connectivity index (χ0) is 15.6. The van der Waals surface area contributed by atoms with E-state index in [4.69, 9.17) is 11.5 Å². The van der Waals surface area contributed by atoms with Crippen molar-refractivity contribution in [3.63, 3.8) is 0 Å². The fourth-order valence-electron chi connectivity index (χ4n) is 2.59. The molecule has 2 rings (SSSR count). The molecule has 1 unspecified atom stereocenters. The van der Waals surface area contributed by atoms with Crippen LogP contribution in [0.2, 0.25) is 0 Å². The summed E-state index contributed by atoms with van der Waals surface area (Å²) in [6.07, 6.45) is 0.688. The predicted octanol–water partition coefficient (Wildman–Crippen LogP) is 0.720. The Morgan fingerprint density at radius 3 is 2.71 bits per heavy atom. The van der Waals surface area contributed by atoms with Crippen LogP contribution in [0, 0.1) is 5.41 Å². The standard InChI is InChI=1S/C15H22N4O2/c1-3-18-13(20)10-4-5-11(16)12(8-10)19-7-6-15(2,9-19)14(17)21/h4-5,8H,3,6-7,9,16H2,1-2H3,(H2,17,21)(H,18,20). The van der Waals surface area contributed by atoms with Crippen molar-refractivity contribution in [2.24, 2.45) is 11.1 Å². The zero-order valence-corrected chi connectivity index (χ0v) is 12.5. The monoisotopic (exact) mass is 290 g/mol. The van der Waals surface area contributed by atoms with E-state index in [1.807, 2.05) is 18.7 Å². The SMILES string of the molecule is CCNC(=O)c1ccc(N)c(N2CCC(C)(C(N)=O)C2)c1. The molecule has 0 bridgehead atoms. The van der Waals surface area contributed by atoms with Crippen molar-refractivity contribution in [2.75, 3.05) is 30.3 Å². The molecule has 0 spiro atoms. The van der Waals surface area contributed by atoms with E-state index in [0.29, 0.717) is 37.3 Å². The minimum atomic E-state index is -0.547. The molecule has 6 nitrogen and oxygen atoms in total. The molecular formula is C15H22N4O2. The Morgan fingerprint density at radius 2 is 2.14 bits per heavy atom. The number of nitrogens with zero attached hydrogens (tertiary/aromatic N) is 1. The van der Waals surface area contributed by atoms with E-state index in [1.54, 1.807) is 18.2 Å². The third-order valence-electron chi connectivity index (χ3n) is 4.04. The van der Waals surface area contributed by atoms with Crippen LogP contribution in [0.5, 0.6) is 0 Å². The molecule has 1 aliphatic heterocycles. The maximum Gasteiger partial charge on any atom is 0.251 e. The van der Waals surface area contributed by atoms with Crippen molar-refractivity contribution in [1.82, 2.24) is 5.32 Å². The van der Waals surface area contributed by atoms with Crippen molar-refractivity contribution in [3.8, 4) is 0 Å². The lowest BCUT2D eigenvalue weighted by Gasteiger charge is -2.24. The summed E-state index contributed by atoms with van der Waals surface area (Å²) in [5, 5.41) is 2.76. The number of primary amides is 1. The molecule has 0 saturated carbocycles. The maximum atomic E-state index is 11.9. The van der Waals surface area contributed by atoms with Gasteiger partial charge in [-0.15, -0.1) is 0 Å². The molecule has 6 heteroatoms. The van der Waals surface area contributed by atoms with Gasteiger partial charge in [-0.3, -0.25) is 9.59 Å². The van der Waals surface area contributed by atoms with Gasteiger partial charge in [-0.1, -0.05) is 0 Å². The summed E-state index contributed by atoms with van der Waals surface area (Å²) in [5.74, 6) is -0.431. The smallest absolute Gasteiger partial charge is 0.251 e. The number of amides is 2. The summed E-state index contributed by atoms with van der Waals surface area (Å²) < 4.78 is 0. The average Bonchev–Trinajstić information content (AvgIpc) is 2.83. The second-order valence-corrected chi connectivity index (χ2v) is 5.73. The predicted molar refractivity (Wildman–Crippen MR) is 83.0 cm³/mol. The topological polar surface area (TPSA) is 101 Å². The van der Waals surface area contributed by atoms with E-state index in [0.717, 1.165) is 5.69 Å². The van der Waals surface area contributed by atoms with Gasteiger partial charge in [0.25, 0.3) is 5.91 Å². The largest absolute Gasteiger partial charge is 0.397 e. The van der Waals surface area contributed by atoms with Crippen LogP contribution in [0.4, 0.5) is 11.4 Å². The summed E-state index contributed by atoms with van der Waals surface area (Å²) in [5.41, 5.74) is 12.9. The molecular weight excluding hydrogens is 268 g/mol. The van der Waals surface area contributed by atoms with Crippen LogP contribution in [-0.4, -0.2) is 31.4 Å². The minimum Gasteiger partial charge on any atom is -0.397 e. The van der Waals surface area contributed by atoms with E-state index >= 15 is 0 Å². The highest BCUT2D eigenvalue weighted by atomic mass is 16.2. The molecule has 0 aromatic heterocycles. The van der Waals surface area contributed by atoms with Gasteiger partial charge in [-0.05, 0) is 38.5 Å². The van der Waals surface area contributed by atoms with Crippen LogP contribution in [0.3, 0.4) is 0 Å². The van der Waals surface area contributed by atoms with Gasteiger partial charge in [0.1, 0.15) is 0 Å². The van der Waals surface area contributed by atoms with Gasteiger partial charge in [-0.25, -0.2) is 0 Å². The lowest BCUT2D eigenvalue weighted by atomic mass is 9.89. The number of hydrogen-bond acceptors (Lipinski definition) is 4. The number of nitrogens with two attached hydrogens (primary N) is 2. The third kappa shape index (κ3) is 2.94. The average molecular weight is 290 g/mol. The number of rotatable bonds is 4. The number of nitrogens with one attached hydrogen (secondary N) is 1. The molecule has 1 aromatic rings. The molecule has 1 aromatic carbocycles. The van der Waals surface area contributed by atoms with Crippen molar-refractivity contribution in [1.29, 1.82) is 0 Å². The van der Waals surface area contributed by atoms with E-state index in [1.165, 1.54) is 0 Å². The van der Waals surface area contributed by atoms with Crippen molar-refractivity contribution < 1.29 is 9.59 Å². The van der Waals surface area contributed by atoms with Crippen molar-refractivity contribution in [2.45, 2.75) is 20.3 Å². The fraction of sp³-hybridized carbons (Fsp3) is 0.467. The molecule has 1 fully saturated rings. The normalized spacial score (nSPS) is 21.3. The first-order valence-electron chi connectivity index (χ1n) is 7.10. The minimum absolute atomic E-state index is 0.129. The van der Waals surface area contributed by atoms with Crippen LogP contribution in [0.25, 0.3) is 0 Å². The molecule has 1 aliphatic rings. The van der Waals surface area contributed by atoms with E-state index in [2.05, 4.69) is 5.32 Å². The summed E-state index contributed by atoms with van der Waals surface area (Å²) in [4.78, 5) is 25.5. The summed E-state index contributed by atoms with van der Waals surface area (Å²) in [6, 6.07) is 5.19. The number of anilines is 2. The van der Waals surface area contributed by atoms with Crippen LogP contribution in [0.15, 0.2) is 18.2 Å². The Kier molecular flexibility index (Phi) is 4.06. The fourth-order valence-corrected chi connectivity index (χ4v) is 2.59. The molecule has 21 heavy (non-hydrogen) atoms. The Morgan fingerprint density at radius 1 is 1.43 bits per heavy atom. The van der Waals surface area contributed by atoms with E-state index < -0.39 is 5.41 Å². The number of benzene rings is 1. The Hall–Kier alpha value is -2.24. The first-order chi connectivity index (χ1) is 9.87. The van der Waals surface area contributed by atoms with Crippen LogP contribution < -0.4 is 21.7 Å². The highest BCUT2D eigenvalue weighted by Crippen LogP contribution is 2.35.